The molecule has 7 nitrogen and oxygen atoms in total. The molecule has 2 N–H and O–H groups in total. The Labute approximate surface area is 176 Å². The van der Waals surface area contributed by atoms with E-state index in [1.807, 2.05) is 24.4 Å². The third kappa shape index (κ3) is 4.93. The number of rotatable bonds is 7. The van der Waals surface area contributed by atoms with Crippen LogP contribution in [0, 0.1) is 6.92 Å². The van der Waals surface area contributed by atoms with Crippen LogP contribution in [0.2, 0.25) is 0 Å². The molecule has 2 aromatic heterocycles. The first-order valence-corrected chi connectivity index (χ1v) is 10.7. The summed E-state index contributed by atoms with van der Waals surface area (Å²) in [6.45, 7) is 4.33. The molecule has 29 heavy (non-hydrogen) atoms. The highest BCUT2D eigenvalue weighted by molar-refractivity contribution is 7.22. The van der Waals surface area contributed by atoms with Gasteiger partial charge in [0.1, 0.15) is 9.88 Å². The summed E-state index contributed by atoms with van der Waals surface area (Å²) >= 11 is 2.85. The summed E-state index contributed by atoms with van der Waals surface area (Å²) in [4.78, 5) is 30.8. The van der Waals surface area contributed by atoms with E-state index < -0.39 is 11.8 Å². The minimum atomic E-state index is -0.459. The summed E-state index contributed by atoms with van der Waals surface area (Å²) < 4.78 is 10.9. The highest BCUT2D eigenvalue weighted by atomic mass is 32.1. The predicted molar refractivity (Wildman–Crippen MR) is 114 cm³/mol. The molecule has 3 rings (SSSR count). The molecular formula is C20H21N3O4S2. The van der Waals surface area contributed by atoms with Crippen molar-refractivity contribution in [1.29, 1.82) is 0 Å². The van der Waals surface area contributed by atoms with E-state index in [0.717, 1.165) is 16.3 Å². The fourth-order valence-electron chi connectivity index (χ4n) is 2.50. The van der Waals surface area contributed by atoms with Gasteiger partial charge in [-0.1, -0.05) is 13.0 Å². The monoisotopic (exact) mass is 431 g/mol. The van der Waals surface area contributed by atoms with Crippen molar-refractivity contribution in [3.63, 3.8) is 0 Å². The van der Waals surface area contributed by atoms with Crippen molar-refractivity contribution < 1.29 is 19.1 Å². The zero-order chi connectivity index (χ0) is 20.8. The number of amides is 2. The lowest BCUT2D eigenvalue weighted by Crippen LogP contribution is -2.41. The smallest absolute Gasteiger partial charge is 0.281 e. The van der Waals surface area contributed by atoms with E-state index in [1.165, 1.54) is 18.4 Å². The molecule has 0 spiro atoms. The number of carbonyl (C=O) groups excluding carboxylic acids is 2. The van der Waals surface area contributed by atoms with Gasteiger partial charge in [-0.05, 0) is 43.0 Å². The number of carbonyl (C=O) groups is 2. The van der Waals surface area contributed by atoms with E-state index in [4.69, 9.17) is 9.47 Å². The van der Waals surface area contributed by atoms with Gasteiger partial charge in [0.05, 0.1) is 24.3 Å². The molecule has 0 saturated carbocycles. The quantitative estimate of drug-likeness (QED) is 0.551. The SMILES string of the molecule is CCCOc1ccc(C(=O)NNC(=O)c2sc(-c3cccs3)nc2C)cc1OC. The number of ether oxygens (including phenoxy) is 2. The Balaban J connectivity index is 1.65. The molecule has 0 unspecified atom stereocenters. The molecule has 0 bridgehead atoms. The first-order chi connectivity index (χ1) is 14.0. The summed E-state index contributed by atoms with van der Waals surface area (Å²) in [6, 6.07) is 8.74. The Morgan fingerprint density at radius 3 is 2.62 bits per heavy atom. The van der Waals surface area contributed by atoms with Crippen LogP contribution in [-0.4, -0.2) is 30.5 Å². The Kier molecular flexibility index (Phi) is 6.84. The number of hydrogen-bond donors (Lipinski definition) is 2. The number of thiazole rings is 1. The number of aromatic nitrogens is 1. The molecule has 2 amide bonds. The molecular weight excluding hydrogens is 410 g/mol. The van der Waals surface area contributed by atoms with E-state index >= 15 is 0 Å². The zero-order valence-electron chi connectivity index (χ0n) is 16.3. The Morgan fingerprint density at radius 2 is 1.93 bits per heavy atom. The number of benzene rings is 1. The highest BCUT2D eigenvalue weighted by Gasteiger charge is 2.18. The average molecular weight is 432 g/mol. The summed E-state index contributed by atoms with van der Waals surface area (Å²) in [5.41, 5.74) is 5.83. The van der Waals surface area contributed by atoms with Gasteiger partial charge < -0.3 is 9.47 Å². The van der Waals surface area contributed by atoms with Gasteiger partial charge in [0.15, 0.2) is 11.5 Å². The maximum absolute atomic E-state index is 12.5. The summed E-state index contributed by atoms with van der Waals surface area (Å²) in [6.07, 6.45) is 0.864. The molecule has 0 radical (unpaired) electrons. The molecule has 0 saturated heterocycles. The molecule has 1 aromatic carbocycles. The Bertz CT molecular complexity index is 999. The van der Waals surface area contributed by atoms with Crippen LogP contribution >= 0.6 is 22.7 Å². The first-order valence-electron chi connectivity index (χ1n) is 8.96. The number of aryl methyl sites for hydroxylation is 1. The standard InChI is InChI=1S/C20H21N3O4S2/c1-4-9-27-14-8-7-13(11-15(14)26-3)18(24)22-23-19(25)17-12(2)21-20(29-17)16-6-5-10-28-16/h5-8,10-11H,4,9H2,1-3H3,(H,22,24)(H,23,25). The summed E-state index contributed by atoms with van der Waals surface area (Å²) in [7, 11) is 1.51. The number of methoxy groups -OCH3 is 1. The van der Waals surface area contributed by atoms with Crippen molar-refractivity contribution >= 4 is 34.5 Å². The van der Waals surface area contributed by atoms with Crippen LogP contribution in [-0.2, 0) is 0 Å². The van der Waals surface area contributed by atoms with Crippen molar-refractivity contribution in [1.82, 2.24) is 15.8 Å². The van der Waals surface area contributed by atoms with E-state index in [2.05, 4.69) is 15.8 Å². The summed E-state index contributed by atoms with van der Waals surface area (Å²) in [5.74, 6) is 0.151. The zero-order valence-corrected chi connectivity index (χ0v) is 17.9. The molecule has 9 heteroatoms. The van der Waals surface area contributed by atoms with Crippen molar-refractivity contribution in [2.45, 2.75) is 20.3 Å². The second kappa shape index (κ2) is 9.53. The predicted octanol–water partition coefficient (Wildman–Crippen LogP) is 4.05. The maximum Gasteiger partial charge on any atom is 0.281 e. The molecule has 3 aromatic rings. The number of nitrogens with one attached hydrogen (secondary N) is 2. The van der Waals surface area contributed by atoms with Crippen molar-refractivity contribution in [2.75, 3.05) is 13.7 Å². The summed E-state index contributed by atoms with van der Waals surface area (Å²) in [5, 5.41) is 2.74. The van der Waals surface area contributed by atoms with Crippen LogP contribution in [0.4, 0.5) is 0 Å². The van der Waals surface area contributed by atoms with Gasteiger partial charge in [0.25, 0.3) is 11.8 Å². The van der Waals surface area contributed by atoms with Crippen LogP contribution in [0.1, 0.15) is 39.1 Å². The Morgan fingerprint density at radius 1 is 1.14 bits per heavy atom. The van der Waals surface area contributed by atoms with Gasteiger partial charge in [0.2, 0.25) is 0 Å². The van der Waals surface area contributed by atoms with E-state index in [1.54, 1.807) is 36.5 Å². The molecule has 0 atom stereocenters. The van der Waals surface area contributed by atoms with Crippen LogP contribution < -0.4 is 20.3 Å². The van der Waals surface area contributed by atoms with Crippen LogP contribution in [0.3, 0.4) is 0 Å². The molecule has 0 aliphatic carbocycles. The Hall–Kier alpha value is -2.91. The molecule has 152 valence electrons. The number of thiophene rings is 1. The second-order valence-corrected chi connectivity index (χ2v) is 7.98. The van der Waals surface area contributed by atoms with Crippen LogP contribution in [0.15, 0.2) is 35.7 Å². The van der Waals surface area contributed by atoms with E-state index in [-0.39, 0.29) is 0 Å². The minimum absolute atomic E-state index is 0.339. The fourth-order valence-corrected chi connectivity index (χ4v) is 4.25. The topological polar surface area (TPSA) is 89.6 Å². The fraction of sp³-hybridized carbons (Fsp3) is 0.250. The lowest BCUT2D eigenvalue weighted by molar-refractivity contribution is 0.0848. The van der Waals surface area contributed by atoms with Gasteiger partial charge in [-0.2, -0.15) is 0 Å². The van der Waals surface area contributed by atoms with Gasteiger partial charge in [-0.15, -0.1) is 22.7 Å². The molecule has 2 heterocycles. The normalized spacial score (nSPS) is 10.4. The third-order valence-electron chi connectivity index (χ3n) is 3.91. The minimum Gasteiger partial charge on any atom is -0.493 e. The molecule has 0 fully saturated rings. The van der Waals surface area contributed by atoms with Gasteiger partial charge in [-0.25, -0.2) is 4.98 Å². The molecule has 0 aliphatic rings. The number of nitrogens with zero attached hydrogens (tertiary/aromatic N) is 1. The van der Waals surface area contributed by atoms with Gasteiger partial charge in [0, 0.05) is 5.56 Å². The highest BCUT2D eigenvalue weighted by Crippen LogP contribution is 2.31. The van der Waals surface area contributed by atoms with Crippen molar-refractivity contribution in [3.05, 3.63) is 51.8 Å². The van der Waals surface area contributed by atoms with Crippen LogP contribution in [0.5, 0.6) is 11.5 Å². The van der Waals surface area contributed by atoms with Gasteiger partial charge >= 0.3 is 0 Å². The van der Waals surface area contributed by atoms with E-state index in [9.17, 15) is 9.59 Å². The second-order valence-electron chi connectivity index (χ2n) is 6.03. The largest absolute Gasteiger partial charge is 0.493 e. The van der Waals surface area contributed by atoms with Crippen molar-refractivity contribution in [2.24, 2.45) is 0 Å². The van der Waals surface area contributed by atoms with Crippen LogP contribution in [0.25, 0.3) is 9.88 Å². The van der Waals surface area contributed by atoms with E-state index in [0.29, 0.717) is 34.2 Å². The average Bonchev–Trinajstić information content (AvgIpc) is 3.39. The van der Waals surface area contributed by atoms with Crippen molar-refractivity contribution in [3.8, 4) is 21.4 Å². The van der Waals surface area contributed by atoms with Gasteiger partial charge in [-0.3, -0.25) is 20.4 Å². The number of hydrazine groups is 1. The lowest BCUT2D eigenvalue weighted by Gasteiger charge is -2.12. The number of hydrogen-bond acceptors (Lipinski definition) is 7. The maximum atomic E-state index is 12.5. The third-order valence-corrected chi connectivity index (χ3v) is 6.11. The molecule has 0 aliphatic heterocycles. The lowest BCUT2D eigenvalue weighted by atomic mass is 10.2. The first kappa shape index (κ1) is 20.8.